The Kier molecular flexibility index (Phi) is 5.65. The molecule has 1 amide bonds. The van der Waals surface area contributed by atoms with Crippen molar-refractivity contribution in [2.75, 3.05) is 17.8 Å². The van der Waals surface area contributed by atoms with E-state index in [2.05, 4.69) is 9.71 Å². The highest BCUT2D eigenvalue weighted by atomic mass is 35.5. The molecule has 29 heavy (non-hydrogen) atoms. The SMILES string of the molecule is Cc1nc(-c2csc(S(=O)(=O)Nc3ccc(Cl)cc3)c2)sc1C(=O)N1CCCC1. The summed E-state index contributed by atoms with van der Waals surface area (Å²) in [6.07, 6.45) is 2.06. The Morgan fingerprint density at radius 2 is 1.90 bits per heavy atom. The van der Waals surface area contributed by atoms with E-state index in [1.54, 1.807) is 35.7 Å². The van der Waals surface area contributed by atoms with Crippen LogP contribution in [-0.4, -0.2) is 37.3 Å². The lowest BCUT2D eigenvalue weighted by Gasteiger charge is -2.13. The minimum Gasteiger partial charge on any atom is -0.338 e. The van der Waals surface area contributed by atoms with Crippen LogP contribution in [0.1, 0.15) is 28.2 Å². The molecule has 0 saturated carbocycles. The summed E-state index contributed by atoms with van der Waals surface area (Å²) in [7, 11) is -3.72. The van der Waals surface area contributed by atoms with Crippen LogP contribution < -0.4 is 4.72 Å². The minimum atomic E-state index is -3.72. The fourth-order valence-corrected chi connectivity index (χ4v) is 6.52. The quantitative estimate of drug-likeness (QED) is 0.580. The molecule has 0 spiro atoms. The number of likely N-dealkylation sites (tertiary alicyclic amines) is 1. The van der Waals surface area contributed by atoms with E-state index in [9.17, 15) is 13.2 Å². The van der Waals surface area contributed by atoms with Gasteiger partial charge in [-0.25, -0.2) is 13.4 Å². The van der Waals surface area contributed by atoms with Gasteiger partial charge in [-0.15, -0.1) is 22.7 Å². The van der Waals surface area contributed by atoms with Crippen LogP contribution in [0.2, 0.25) is 5.02 Å². The summed E-state index contributed by atoms with van der Waals surface area (Å²) in [6, 6.07) is 8.04. The molecule has 1 saturated heterocycles. The van der Waals surface area contributed by atoms with Crippen LogP contribution in [0.15, 0.2) is 39.9 Å². The van der Waals surface area contributed by atoms with Crippen LogP contribution in [0.4, 0.5) is 5.69 Å². The minimum absolute atomic E-state index is 0.0104. The molecule has 3 aromatic rings. The van der Waals surface area contributed by atoms with Gasteiger partial charge in [-0.05, 0) is 50.1 Å². The normalized spacial score (nSPS) is 14.3. The summed E-state index contributed by atoms with van der Waals surface area (Å²) in [4.78, 5) is 19.7. The molecule has 4 rings (SSSR count). The molecule has 0 bridgehead atoms. The van der Waals surface area contributed by atoms with Crippen LogP contribution in [0, 0.1) is 6.92 Å². The van der Waals surface area contributed by atoms with E-state index in [4.69, 9.17) is 11.6 Å². The Labute approximate surface area is 182 Å². The number of nitrogens with one attached hydrogen (secondary N) is 1. The van der Waals surface area contributed by atoms with Crippen molar-refractivity contribution in [3.8, 4) is 10.6 Å². The third kappa shape index (κ3) is 4.32. The van der Waals surface area contributed by atoms with Crippen molar-refractivity contribution < 1.29 is 13.2 Å². The molecule has 1 aliphatic rings. The molecule has 6 nitrogen and oxygen atoms in total. The Hall–Kier alpha value is -1.94. The van der Waals surface area contributed by atoms with Gasteiger partial charge in [0.2, 0.25) is 0 Å². The van der Waals surface area contributed by atoms with E-state index < -0.39 is 10.0 Å². The molecule has 0 unspecified atom stereocenters. The number of benzene rings is 1. The van der Waals surface area contributed by atoms with E-state index in [1.165, 1.54) is 11.3 Å². The van der Waals surface area contributed by atoms with Crippen molar-refractivity contribution in [3.05, 3.63) is 51.3 Å². The fraction of sp³-hybridized carbons (Fsp3) is 0.263. The van der Waals surface area contributed by atoms with Crippen molar-refractivity contribution in [2.45, 2.75) is 24.0 Å². The summed E-state index contributed by atoms with van der Waals surface area (Å²) >= 11 is 8.27. The van der Waals surface area contributed by atoms with Gasteiger partial charge < -0.3 is 4.90 Å². The average Bonchev–Trinajstić information content (AvgIpc) is 3.43. The second-order valence-electron chi connectivity index (χ2n) is 6.70. The van der Waals surface area contributed by atoms with Crippen LogP contribution in [0.5, 0.6) is 0 Å². The standard InChI is InChI=1S/C19H18ClN3O3S3/c1-12-17(19(24)23-8-2-3-9-23)28-18(21-12)13-10-16(27-11-13)29(25,26)22-15-6-4-14(20)5-7-15/h4-7,10-11,22H,2-3,8-9H2,1H3. The number of amides is 1. The number of nitrogens with zero attached hydrogens (tertiary/aromatic N) is 2. The zero-order chi connectivity index (χ0) is 20.6. The monoisotopic (exact) mass is 467 g/mol. The first-order valence-corrected chi connectivity index (χ1v) is 12.5. The summed E-state index contributed by atoms with van der Waals surface area (Å²) < 4.78 is 28.1. The summed E-state index contributed by atoms with van der Waals surface area (Å²) in [5.74, 6) is 0.0104. The van der Waals surface area contributed by atoms with Gasteiger partial charge >= 0.3 is 0 Å². The maximum absolute atomic E-state index is 12.7. The maximum atomic E-state index is 12.7. The van der Waals surface area contributed by atoms with Crippen molar-refractivity contribution in [1.82, 2.24) is 9.88 Å². The van der Waals surface area contributed by atoms with Gasteiger partial charge in [0, 0.05) is 34.7 Å². The second kappa shape index (κ2) is 8.06. The number of hydrogen-bond donors (Lipinski definition) is 1. The Balaban J connectivity index is 1.56. The van der Waals surface area contributed by atoms with Crippen molar-refractivity contribution >= 4 is 55.9 Å². The predicted octanol–water partition coefficient (Wildman–Crippen LogP) is 4.87. The molecule has 3 heterocycles. The molecular weight excluding hydrogens is 450 g/mol. The van der Waals surface area contributed by atoms with E-state index in [-0.39, 0.29) is 10.1 Å². The van der Waals surface area contributed by atoms with Gasteiger partial charge in [0.1, 0.15) is 14.1 Å². The van der Waals surface area contributed by atoms with E-state index in [0.29, 0.717) is 31.9 Å². The van der Waals surface area contributed by atoms with Crippen LogP contribution >= 0.6 is 34.3 Å². The number of aromatic nitrogens is 1. The molecule has 1 N–H and O–H groups in total. The summed E-state index contributed by atoms with van der Waals surface area (Å²) in [6.45, 7) is 3.38. The van der Waals surface area contributed by atoms with Crippen molar-refractivity contribution in [2.24, 2.45) is 0 Å². The molecule has 10 heteroatoms. The highest BCUT2D eigenvalue weighted by Crippen LogP contribution is 2.34. The summed E-state index contributed by atoms with van der Waals surface area (Å²) in [5, 5.41) is 2.93. The zero-order valence-corrected chi connectivity index (χ0v) is 18.7. The largest absolute Gasteiger partial charge is 0.338 e. The molecule has 1 fully saturated rings. The lowest BCUT2D eigenvalue weighted by atomic mass is 10.3. The predicted molar refractivity (Wildman–Crippen MR) is 118 cm³/mol. The van der Waals surface area contributed by atoms with Crippen LogP contribution in [-0.2, 0) is 10.0 Å². The lowest BCUT2D eigenvalue weighted by molar-refractivity contribution is 0.0796. The van der Waals surface area contributed by atoms with E-state index >= 15 is 0 Å². The van der Waals surface area contributed by atoms with Gasteiger partial charge in [0.05, 0.1) is 5.69 Å². The van der Waals surface area contributed by atoms with E-state index in [0.717, 1.165) is 37.3 Å². The first-order valence-electron chi connectivity index (χ1n) is 8.97. The Morgan fingerprint density at radius 3 is 2.59 bits per heavy atom. The van der Waals surface area contributed by atoms with Gasteiger partial charge in [-0.2, -0.15) is 0 Å². The molecule has 2 aromatic heterocycles. The third-order valence-corrected chi connectivity index (χ3v) is 8.84. The van der Waals surface area contributed by atoms with E-state index in [1.807, 2.05) is 11.8 Å². The number of thiophene rings is 1. The molecule has 0 aliphatic carbocycles. The smallest absolute Gasteiger partial charge is 0.271 e. The number of anilines is 1. The number of aryl methyl sites for hydroxylation is 1. The maximum Gasteiger partial charge on any atom is 0.271 e. The van der Waals surface area contributed by atoms with Crippen molar-refractivity contribution in [3.63, 3.8) is 0 Å². The number of halogens is 1. The zero-order valence-electron chi connectivity index (χ0n) is 15.5. The van der Waals surface area contributed by atoms with Crippen LogP contribution in [0.25, 0.3) is 10.6 Å². The fourth-order valence-electron chi connectivity index (χ4n) is 3.08. The first kappa shape index (κ1) is 20.3. The van der Waals surface area contributed by atoms with Gasteiger partial charge in [-0.3, -0.25) is 9.52 Å². The molecule has 0 atom stereocenters. The summed E-state index contributed by atoms with van der Waals surface area (Å²) in [5.41, 5.74) is 1.81. The van der Waals surface area contributed by atoms with Gasteiger partial charge in [0.25, 0.3) is 15.9 Å². The highest BCUT2D eigenvalue weighted by molar-refractivity contribution is 7.94. The highest BCUT2D eigenvalue weighted by Gasteiger charge is 2.25. The number of carbonyl (C=O) groups is 1. The number of rotatable bonds is 5. The average molecular weight is 468 g/mol. The van der Waals surface area contributed by atoms with Crippen LogP contribution in [0.3, 0.4) is 0 Å². The molecule has 0 radical (unpaired) electrons. The molecular formula is C19H18ClN3O3S3. The lowest BCUT2D eigenvalue weighted by Crippen LogP contribution is -2.27. The number of carbonyl (C=O) groups excluding carboxylic acids is 1. The molecule has 1 aromatic carbocycles. The topological polar surface area (TPSA) is 79.4 Å². The number of hydrogen-bond acceptors (Lipinski definition) is 6. The van der Waals surface area contributed by atoms with Crippen molar-refractivity contribution in [1.29, 1.82) is 0 Å². The van der Waals surface area contributed by atoms with Gasteiger partial charge in [-0.1, -0.05) is 11.6 Å². The molecule has 1 aliphatic heterocycles. The second-order valence-corrected chi connectivity index (χ2v) is 11.0. The third-order valence-electron chi connectivity index (χ3n) is 4.57. The Bertz CT molecular complexity index is 1150. The number of sulfonamides is 1. The van der Waals surface area contributed by atoms with Gasteiger partial charge in [0.15, 0.2) is 0 Å². The molecule has 152 valence electrons. The Morgan fingerprint density at radius 1 is 1.21 bits per heavy atom. The number of thiazole rings is 1. The first-order chi connectivity index (χ1) is 13.8.